The van der Waals surface area contributed by atoms with Crippen LogP contribution in [0.25, 0.3) is 0 Å². The van der Waals surface area contributed by atoms with Crippen LogP contribution < -0.4 is 9.47 Å². The molecule has 3 rings (SSSR count). The van der Waals surface area contributed by atoms with E-state index in [1.54, 1.807) is 12.1 Å². The zero-order chi connectivity index (χ0) is 14.8. The van der Waals surface area contributed by atoms with Crippen molar-refractivity contribution >= 4 is 17.6 Å². The van der Waals surface area contributed by atoms with Crippen molar-refractivity contribution in [3.8, 4) is 11.5 Å². The maximum atomic E-state index is 11.2. The van der Waals surface area contributed by atoms with Crippen LogP contribution in [0.15, 0.2) is 42.5 Å². The molecular formula is C16H13ClO4. The zero-order valence-electron chi connectivity index (χ0n) is 11.1. The molecule has 0 aliphatic carbocycles. The summed E-state index contributed by atoms with van der Waals surface area (Å²) in [6.07, 6.45) is 0.00127. The third-order valence-corrected chi connectivity index (χ3v) is 3.70. The van der Waals surface area contributed by atoms with E-state index in [4.69, 9.17) is 21.1 Å². The monoisotopic (exact) mass is 304 g/mol. The molecule has 0 amide bonds. The van der Waals surface area contributed by atoms with Gasteiger partial charge in [-0.25, -0.2) is 0 Å². The normalized spacial score (nSPS) is 14.0. The number of carbonyl (C=O) groups is 1. The molecule has 0 bridgehead atoms. The SMILES string of the molecule is O=C(O)CC(c1ccc(Cl)cc1)c1ccc2c(c1)OCO2. The largest absolute Gasteiger partial charge is 0.481 e. The summed E-state index contributed by atoms with van der Waals surface area (Å²) in [5.41, 5.74) is 1.78. The van der Waals surface area contributed by atoms with Crippen LogP contribution in [-0.4, -0.2) is 17.9 Å². The van der Waals surface area contributed by atoms with E-state index in [1.807, 2.05) is 30.3 Å². The molecule has 4 nitrogen and oxygen atoms in total. The topological polar surface area (TPSA) is 55.8 Å². The summed E-state index contributed by atoms with van der Waals surface area (Å²) in [7, 11) is 0. The number of carboxylic acid groups (broad SMARTS) is 1. The van der Waals surface area contributed by atoms with Gasteiger partial charge < -0.3 is 14.6 Å². The van der Waals surface area contributed by atoms with Crippen LogP contribution in [0.4, 0.5) is 0 Å². The Morgan fingerprint density at radius 3 is 2.48 bits per heavy atom. The van der Waals surface area contributed by atoms with Gasteiger partial charge in [0.05, 0.1) is 6.42 Å². The van der Waals surface area contributed by atoms with Crippen molar-refractivity contribution in [1.29, 1.82) is 0 Å². The Bertz CT molecular complexity index is 666. The van der Waals surface area contributed by atoms with Gasteiger partial charge in [-0.05, 0) is 35.4 Å². The van der Waals surface area contributed by atoms with Crippen molar-refractivity contribution in [2.24, 2.45) is 0 Å². The van der Waals surface area contributed by atoms with Gasteiger partial charge in [-0.3, -0.25) is 4.79 Å². The van der Waals surface area contributed by atoms with Gasteiger partial charge in [-0.15, -0.1) is 0 Å². The van der Waals surface area contributed by atoms with Crippen LogP contribution >= 0.6 is 11.6 Å². The molecule has 21 heavy (non-hydrogen) atoms. The molecule has 0 saturated carbocycles. The van der Waals surface area contributed by atoms with E-state index in [0.717, 1.165) is 11.1 Å². The average molecular weight is 305 g/mol. The van der Waals surface area contributed by atoms with Gasteiger partial charge in [0, 0.05) is 10.9 Å². The van der Waals surface area contributed by atoms with E-state index in [-0.39, 0.29) is 19.1 Å². The maximum absolute atomic E-state index is 11.2. The van der Waals surface area contributed by atoms with Crippen LogP contribution in [0.2, 0.25) is 5.02 Å². The summed E-state index contributed by atoms with van der Waals surface area (Å²) >= 11 is 5.89. The predicted octanol–water partition coefficient (Wildman–Crippen LogP) is 3.68. The number of fused-ring (bicyclic) bond motifs is 1. The molecule has 0 aromatic heterocycles. The van der Waals surface area contributed by atoms with Crippen LogP contribution in [0.1, 0.15) is 23.5 Å². The number of carboxylic acids is 1. The van der Waals surface area contributed by atoms with Gasteiger partial charge in [-0.2, -0.15) is 0 Å². The molecule has 1 N–H and O–H groups in total. The third kappa shape index (κ3) is 2.95. The van der Waals surface area contributed by atoms with E-state index in [2.05, 4.69) is 0 Å². The van der Waals surface area contributed by atoms with Gasteiger partial charge in [0.15, 0.2) is 11.5 Å². The summed E-state index contributed by atoms with van der Waals surface area (Å²) in [6, 6.07) is 12.7. The molecule has 5 heteroatoms. The molecular weight excluding hydrogens is 292 g/mol. The predicted molar refractivity (Wildman–Crippen MR) is 78.1 cm³/mol. The summed E-state index contributed by atoms with van der Waals surface area (Å²) in [6.45, 7) is 0.198. The number of rotatable bonds is 4. The molecule has 1 atom stereocenters. The molecule has 1 heterocycles. The molecule has 108 valence electrons. The first-order chi connectivity index (χ1) is 10.1. The number of aliphatic carboxylic acids is 1. The molecule has 1 unspecified atom stereocenters. The Kier molecular flexibility index (Phi) is 3.71. The second kappa shape index (κ2) is 5.66. The fraction of sp³-hybridized carbons (Fsp3) is 0.188. The van der Waals surface area contributed by atoms with Crippen molar-refractivity contribution in [3.05, 3.63) is 58.6 Å². The summed E-state index contributed by atoms with van der Waals surface area (Å²) in [5.74, 6) is 0.225. The van der Waals surface area contributed by atoms with Gasteiger partial charge in [0.1, 0.15) is 0 Å². The molecule has 0 spiro atoms. The first-order valence-corrected chi connectivity index (χ1v) is 6.88. The molecule has 1 aliphatic rings. The Labute approximate surface area is 126 Å². The van der Waals surface area contributed by atoms with Crippen molar-refractivity contribution in [2.75, 3.05) is 6.79 Å². The fourth-order valence-electron chi connectivity index (χ4n) is 2.43. The van der Waals surface area contributed by atoms with Gasteiger partial charge in [0.2, 0.25) is 6.79 Å². The highest BCUT2D eigenvalue weighted by molar-refractivity contribution is 6.30. The molecule has 0 fully saturated rings. The Morgan fingerprint density at radius 2 is 1.76 bits per heavy atom. The van der Waals surface area contributed by atoms with Crippen LogP contribution in [0, 0.1) is 0 Å². The number of hydrogen-bond donors (Lipinski definition) is 1. The number of benzene rings is 2. The summed E-state index contributed by atoms with van der Waals surface area (Å²) < 4.78 is 10.6. The average Bonchev–Trinajstić information content (AvgIpc) is 2.93. The standard InChI is InChI=1S/C16H13ClO4/c17-12-4-1-10(2-5-12)13(8-16(18)19)11-3-6-14-15(7-11)21-9-20-14/h1-7,13H,8-9H2,(H,18,19). The Balaban J connectivity index is 1.99. The van der Waals surface area contributed by atoms with E-state index in [1.165, 1.54) is 0 Å². The minimum absolute atomic E-state index is 0.00127. The van der Waals surface area contributed by atoms with Gasteiger partial charge in [-0.1, -0.05) is 29.8 Å². The number of hydrogen-bond acceptors (Lipinski definition) is 3. The fourth-order valence-corrected chi connectivity index (χ4v) is 2.55. The third-order valence-electron chi connectivity index (χ3n) is 3.45. The lowest BCUT2D eigenvalue weighted by Crippen LogP contribution is -2.08. The summed E-state index contributed by atoms with van der Waals surface area (Å²) in [4.78, 5) is 11.2. The lowest BCUT2D eigenvalue weighted by Gasteiger charge is -2.16. The molecule has 1 aliphatic heterocycles. The lowest BCUT2D eigenvalue weighted by molar-refractivity contribution is -0.137. The van der Waals surface area contributed by atoms with Crippen LogP contribution in [0.5, 0.6) is 11.5 Å². The Morgan fingerprint density at radius 1 is 1.10 bits per heavy atom. The summed E-state index contributed by atoms with van der Waals surface area (Å²) in [5, 5.41) is 9.80. The van der Waals surface area contributed by atoms with Crippen molar-refractivity contribution in [2.45, 2.75) is 12.3 Å². The second-order valence-electron chi connectivity index (χ2n) is 4.81. The highest BCUT2D eigenvalue weighted by Crippen LogP contribution is 2.37. The molecule has 2 aromatic carbocycles. The Hall–Kier alpha value is -2.20. The molecule has 0 radical (unpaired) electrons. The lowest BCUT2D eigenvalue weighted by atomic mass is 9.88. The molecule has 0 saturated heterocycles. The number of ether oxygens (including phenoxy) is 2. The van der Waals surface area contributed by atoms with Crippen LogP contribution in [0.3, 0.4) is 0 Å². The quantitative estimate of drug-likeness (QED) is 0.936. The second-order valence-corrected chi connectivity index (χ2v) is 5.25. The smallest absolute Gasteiger partial charge is 0.304 e. The minimum Gasteiger partial charge on any atom is -0.481 e. The van der Waals surface area contributed by atoms with E-state index < -0.39 is 5.97 Å². The van der Waals surface area contributed by atoms with E-state index >= 15 is 0 Å². The first-order valence-electron chi connectivity index (χ1n) is 6.50. The van der Waals surface area contributed by atoms with Crippen molar-refractivity contribution < 1.29 is 19.4 Å². The maximum Gasteiger partial charge on any atom is 0.304 e. The molecule has 2 aromatic rings. The van der Waals surface area contributed by atoms with Crippen molar-refractivity contribution in [1.82, 2.24) is 0 Å². The highest BCUT2D eigenvalue weighted by Gasteiger charge is 2.21. The zero-order valence-corrected chi connectivity index (χ0v) is 11.8. The van der Waals surface area contributed by atoms with Crippen molar-refractivity contribution in [3.63, 3.8) is 0 Å². The van der Waals surface area contributed by atoms with Crippen LogP contribution in [-0.2, 0) is 4.79 Å². The first kappa shape index (κ1) is 13.8. The van der Waals surface area contributed by atoms with Gasteiger partial charge >= 0.3 is 5.97 Å². The number of halogens is 1. The van der Waals surface area contributed by atoms with E-state index in [0.29, 0.717) is 16.5 Å². The van der Waals surface area contributed by atoms with E-state index in [9.17, 15) is 9.90 Å². The highest BCUT2D eigenvalue weighted by atomic mass is 35.5. The van der Waals surface area contributed by atoms with Gasteiger partial charge in [0.25, 0.3) is 0 Å². The minimum atomic E-state index is -0.854.